The standard InChI is InChI=1S/C6H14N2.2Li/c1-5(7-3)6(2)8-4;;/h5-6H,1-4H3;;/q-2;2*+1. The number of rotatable bonds is 3. The molecule has 0 radical (unpaired) electrons. The average molecular weight is 128 g/mol. The molecule has 0 aliphatic carbocycles. The Kier molecular flexibility index (Phi) is 17.5. The SMILES string of the molecule is C[N-]C(C)C(C)[N-]C.[Li+].[Li+]. The second-order valence-corrected chi connectivity index (χ2v) is 2.00. The van der Waals surface area contributed by atoms with E-state index in [2.05, 4.69) is 24.5 Å². The predicted octanol–water partition coefficient (Wildman–Crippen LogP) is -4.22. The molecule has 0 heterocycles. The number of nitrogens with zero attached hydrogens (tertiary/aromatic N) is 2. The molecule has 0 aromatic rings. The van der Waals surface area contributed by atoms with E-state index in [0.29, 0.717) is 12.1 Å². The quantitative estimate of drug-likeness (QED) is 0.345. The number of hydrogen-bond donors (Lipinski definition) is 0. The van der Waals surface area contributed by atoms with Gasteiger partial charge in [0.05, 0.1) is 0 Å². The van der Waals surface area contributed by atoms with E-state index in [9.17, 15) is 0 Å². The Morgan fingerprint density at radius 1 is 0.800 bits per heavy atom. The number of hydrogen-bond acceptors (Lipinski definition) is 0. The molecule has 10 heavy (non-hydrogen) atoms. The Morgan fingerprint density at radius 2 is 1.00 bits per heavy atom. The molecule has 0 rings (SSSR count). The first-order chi connectivity index (χ1) is 3.72. The first-order valence-corrected chi connectivity index (χ1v) is 2.90. The second kappa shape index (κ2) is 10.1. The molecule has 0 aliphatic rings. The van der Waals surface area contributed by atoms with E-state index >= 15 is 0 Å². The van der Waals surface area contributed by atoms with Gasteiger partial charge in [0.2, 0.25) is 0 Å². The largest absolute Gasteiger partial charge is 1.00 e. The van der Waals surface area contributed by atoms with Crippen molar-refractivity contribution in [1.29, 1.82) is 0 Å². The summed E-state index contributed by atoms with van der Waals surface area (Å²) in [5.41, 5.74) is 0. The van der Waals surface area contributed by atoms with Gasteiger partial charge in [0.25, 0.3) is 0 Å². The molecular formula is C6H14Li2N2. The van der Waals surface area contributed by atoms with Crippen LogP contribution in [-0.2, 0) is 0 Å². The third kappa shape index (κ3) is 7.22. The first kappa shape index (κ1) is 17.3. The van der Waals surface area contributed by atoms with Gasteiger partial charge in [0.15, 0.2) is 0 Å². The van der Waals surface area contributed by atoms with Crippen molar-refractivity contribution >= 4 is 0 Å². The molecule has 0 aliphatic heterocycles. The van der Waals surface area contributed by atoms with Gasteiger partial charge in [-0.15, -0.1) is 0 Å². The van der Waals surface area contributed by atoms with Crippen molar-refractivity contribution in [3.8, 4) is 0 Å². The Hall–Kier alpha value is 1.11. The number of likely N-dealkylation sites (N-methyl/N-ethyl adjacent to an activating group) is 2. The van der Waals surface area contributed by atoms with Crippen molar-refractivity contribution < 1.29 is 37.7 Å². The molecule has 0 aromatic heterocycles. The predicted molar refractivity (Wildman–Crippen MR) is 37.5 cm³/mol. The van der Waals surface area contributed by atoms with Gasteiger partial charge in [-0.3, -0.25) is 0 Å². The van der Waals surface area contributed by atoms with Gasteiger partial charge >= 0.3 is 37.7 Å². The zero-order valence-corrected chi connectivity index (χ0v) is 8.05. The van der Waals surface area contributed by atoms with Crippen molar-refractivity contribution in [3.05, 3.63) is 10.6 Å². The second-order valence-electron chi connectivity index (χ2n) is 2.00. The zero-order chi connectivity index (χ0) is 6.57. The topological polar surface area (TPSA) is 28.2 Å². The molecule has 0 fully saturated rings. The van der Waals surface area contributed by atoms with Crippen LogP contribution in [0.2, 0.25) is 0 Å². The molecule has 2 unspecified atom stereocenters. The van der Waals surface area contributed by atoms with Gasteiger partial charge in [-0.2, -0.15) is 26.2 Å². The van der Waals surface area contributed by atoms with Crippen LogP contribution in [0.15, 0.2) is 0 Å². The minimum absolute atomic E-state index is 0. The molecule has 0 saturated heterocycles. The summed E-state index contributed by atoms with van der Waals surface area (Å²) in [6.45, 7) is 4.13. The molecule has 50 valence electrons. The van der Waals surface area contributed by atoms with Crippen molar-refractivity contribution in [2.75, 3.05) is 14.1 Å². The molecule has 0 spiro atoms. The third-order valence-electron chi connectivity index (χ3n) is 1.51. The van der Waals surface area contributed by atoms with Gasteiger partial charge in [-0.1, -0.05) is 13.8 Å². The molecular weight excluding hydrogens is 114 g/mol. The van der Waals surface area contributed by atoms with Crippen LogP contribution in [0.1, 0.15) is 13.8 Å². The minimum atomic E-state index is 0. The normalized spacial score (nSPS) is 14.4. The molecule has 0 saturated carbocycles. The van der Waals surface area contributed by atoms with Crippen LogP contribution < -0.4 is 37.7 Å². The summed E-state index contributed by atoms with van der Waals surface area (Å²) in [6.07, 6.45) is 0. The Labute approximate surface area is 88.3 Å². The molecule has 0 aromatic carbocycles. The fourth-order valence-electron chi connectivity index (χ4n) is 0.431. The van der Waals surface area contributed by atoms with Crippen molar-refractivity contribution in [3.63, 3.8) is 0 Å². The molecule has 4 heteroatoms. The molecule has 0 N–H and O–H groups in total. The van der Waals surface area contributed by atoms with Gasteiger partial charge in [-0.25, -0.2) is 0 Å². The molecule has 0 bridgehead atoms. The van der Waals surface area contributed by atoms with Crippen LogP contribution in [-0.4, -0.2) is 26.2 Å². The van der Waals surface area contributed by atoms with E-state index in [-0.39, 0.29) is 37.7 Å². The van der Waals surface area contributed by atoms with Gasteiger partial charge in [-0.05, 0) is 0 Å². The van der Waals surface area contributed by atoms with E-state index in [1.807, 2.05) is 14.1 Å². The Bertz CT molecular complexity index is 53.7. The molecule has 0 amide bonds. The summed E-state index contributed by atoms with van der Waals surface area (Å²) in [7, 11) is 3.65. The smallest absolute Gasteiger partial charge is 0.664 e. The average Bonchev–Trinajstić information content (AvgIpc) is 1.84. The Morgan fingerprint density at radius 3 is 1.10 bits per heavy atom. The van der Waals surface area contributed by atoms with Crippen LogP contribution in [0.5, 0.6) is 0 Å². The summed E-state index contributed by atoms with van der Waals surface area (Å²) < 4.78 is 0. The van der Waals surface area contributed by atoms with Crippen LogP contribution in [0.3, 0.4) is 0 Å². The fraction of sp³-hybridized carbons (Fsp3) is 1.00. The van der Waals surface area contributed by atoms with E-state index in [4.69, 9.17) is 0 Å². The van der Waals surface area contributed by atoms with E-state index in [0.717, 1.165) is 0 Å². The van der Waals surface area contributed by atoms with Crippen molar-refractivity contribution in [2.45, 2.75) is 25.9 Å². The maximum absolute atomic E-state index is 4.07. The van der Waals surface area contributed by atoms with E-state index < -0.39 is 0 Å². The molecule has 2 atom stereocenters. The summed E-state index contributed by atoms with van der Waals surface area (Å²) in [4.78, 5) is 0. The Balaban J connectivity index is -0.000000245. The maximum Gasteiger partial charge on any atom is 1.00 e. The maximum atomic E-state index is 4.07. The summed E-state index contributed by atoms with van der Waals surface area (Å²) in [5.74, 6) is 0. The van der Waals surface area contributed by atoms with E-state index in [1.165, 1.54) is 0 Å². The van der Waals surface area contributed by atoms with Crippen LogP contribution in [0, 0.1) is 0 Å². The van der Waals surface area contributed by atoms with Gasteiger partial charge in [0, 0.05) is 0 Å². The first-order valence-electron chi connectivity index (χ1n) is 2.90. The van der Waals surface area contributed by atoms with E-state index in [1.54, 1.807) is 0 Å². The van der Waals surface area contributed by atoms with Crippen molar-refractivity contribution in [1.82, 2.24) is 0 Å². The monoisotopic (exact) mass is 128 g/mol. The van der Waals surface area contributed by atoms with Crippen molar-refractivity contribution in [2.24, 2.45) is 0 Å². The third-order valence-corrected chi connectivity index (χ3v) is 1.51. The fourth-order valence-corrected chi connectivity index (χ4v) is 0.431. The van der Waals surface area contributed by atoms with Gasteiger partial charge in [0.1, 0.15) is 0 Å². The van der Waals surface area contributed by atoms with Gasteiger partial charge < -0.3 is 10.6 Å². The van der Waals surface area contributed by atoms with Crippen LogP contribution in [0.25, 0.3) is 10.6 Å². The molecule has 2 nitrogen and oxygen atoms in total. The zero-order valence-electron chi connectivity index (χ0n) is 8.05. The minimum Gasteiger partial charge on any atom is -0.664 e. The summed E-state index contributed by atoms with van der Waals surface area (Å²) in [6, 6.07) is 0.750. The summed E-state index contributed by atoms with van der Waals surface area (Å²) >= 11 is 0. The van der Waals surface area contributed by atoms with Crippen LogP contribution in [0.4, 0.5) is 0 Å². The summed E-state index contributed by atoms with van der Waals surface area (Å²) in [5, 5.41) is 8.13. The van der Waals surface area contributed by atoms with Crippen LogP contribution >= 0.6 is 0 Å².